The fourth-order valence-corrected chi connectivity index (χ4v) is 5.55. The number of anilines is 1. The first kappa shape index (κ1) is 31.2. The van der Waals surface area contributed by atoms with Crippen LogP contribution in [0.4, 0.5) is 5.69 Å². The van der Waals surface area contributed by atoms with Gasteiger partial charge in [-0.2, -0.15) is 0 Å². The van der Waals surface area contributed by atoms with Crippen LogP contribution < -0.4 is 9.62 Å². The number of carbonyl (C=O) groups is 2. The van der Waals surface area contributed by atoms with Crippen LogP contribution in [0.3, 0.4) is 0 Å². The molecule has 1 N–H and O–H groups in total. The molecule has 0 spiro atoms. The highest BCUT2D eigenvalue weighted by Crippen LogP contribution is 2.23. The first-order chi connectivity index (χ1) is 19.1. The second kappa shape index (κ2) is 14.9. The standard InChI is InChI=1S/C31H38ClN3O4S/c1-4-24(2)33-31(37)29(21-25-13-7-5-8-14-25)34(23-26-15-9-6-10-16-26)30(36)19-12-20-35(40(3,38)39)28-18-11-17-27(32)22-28/h5-11,13-18,22,24,29H,4,12,19-21,23H2,1-3H3,(H,33,37)/t24-,29+/m0/s1. The molecule has 40 heavy (non-hydrogen) atoms. The summed E-state index contributed by atoms with van der Waals surface area (Å²) in [6.07, 6.45) is 2.60. The van der Waals surface area contributed by atoms with E-state index >= 15 is 0 Å². The fraction of sp³-hybridized carbons (Fsp3) is 0.355. The van der Waals surface area contributed by atoms with Gasteiger partial charge in [-0.15, -0.1) is 0 Å². The van der Waals surface area contributed by atoms with Gasteiger partial charge in [-0.05, 0) is 49.1 Å². The maximum atomic E-state index is 13.8. The molecule has 0 unspecified atom stereocenters. The van der Waals surface area contributed by atoms with E-state index in [1.54, 1.807) is 29.2 Å². The number of rotatable bonds is 14. The van der Waals surface area contributed by atoms with Gasteiger partial charge in [0.05, 0.1) is 11.9 Å². The molecule has 3 aromatic rings. The minimum atomic E-state index is -3.60. The maximum Gasteiger partial charge on any atom is 0.243 e. The first-order valence-corrected chi connectivity index (χ1v) is 15.7. The first-order valence-electron chi connectivity index (χ1n) is 13.5. The smallest absolute Gasteiger partial charge is 0.243 e. The van der Waals surface area contributed by atoms with E-state index in [2.05, 4.69) is 5.32 Å². The molecule has 0 saturated carbocycles. The lowest BCUT2D eigenvalue weighted by atomic mass is 10.0. The Hall–Kier alpha value is -3.36. The van der Waals surface area contributed by atoms with Gasteiger partial charge in [0, 0.05) is 37.0 Å². The van der Waals surface area contributed by atoms with Crippen LogP contribution in [0.15, 0.2) is 84.9 Å². The average molecular weight is 584 g/mol. The van der Waals surface area contributed by atoms with Gasteiger partial charge in [-0.25, -0.2) is 8.42 Å². The Kier molecular flexibility index (Phi) is 11.6. The van der Waals surface area contributed by atoms with Crippen LogP contribution in [0.1, 0.15) is 44.2 Å². The molecule has 3 aromatic carbocycles. The van der Waals surface area contributed by atoms with Crippen LogP contribution in [0.5, 0.6) is 0 Å². The van der Waals surface area contributed by atoms with Crippen molar-refractivity contribution in [3.8, 4) is 0 Å². The van der Waals surface area contributed by atoms with E-state index in [9.17, 15) is 18.0 Å². The Morgan fingerprint density at radius 2 is 1.55 bits per heavy atom. The molecular formula is C31H38ClN3O4S. The van der Waals surface area contributed by atoms with E-state index in [1.807, 2.05) is 74.5 Å². The van der Waals surface area contributed by atoms with Crippen molar-refractivity contribution in [1.29, 1.82) is 0 Å². The number of benzene rings is 3. The van der Waals surface area contributed by atoms with Gasteiger partial charge in [-0.3, -0.25) is 13.9 Å². The van der Waals surface area contributed by atoms with E-state index < -0.39 is 16.1 Å². The fourth-order valence-electron chi connectivity index (χ4n) is 4.41. The molecule has 7 nitrogen and oxygen atoms in total. The van der Waals surface area contributed by atoms with Gasteiger partial charge < -0.3 is 10.2 Å². The van der Waals surface area contributed by atoms with Crippen molar-refractivity contribution in [2.75, 3.05) is 17.1 Å². The number of hydrogen-bond donors (Lipinski definition) is 1. The van der Waals surface area contributed by atoms with E-state index in [4.69, 9.17) is 11.6 Å². The molecule has 0 aromatic heterocycles. The quantitative estimate of drug-likeness (QED) is 0.274. The number of amides is 2. The molecule has 0 aliphatic carbocycles. The molecule has 2 atom stereocenters. The predicted molar refractivity (Wildman–Crippen MR) is 162 cm³/mol. The van der Waals surface area contributed by atoms with E-state index in [1.165, 1.54) is 4.31 Å². The predicted octanol–water partition coefficient (Wildman–Crippen LogP) is 5.44. The molecule has 0 fully saturated rings. The number of sulfonamides is 1. The Labute approximate surface area is 243 Å². The summed E-state index contributed by atoms with van der Waals surface area (Å²) in [4.78, 5) is 29.0. The lowest BCUT2D eigenvalue weighted by molar-refractivity contribution is -0.141. The second-order valence-electron chi connectivity index (χ2n) is 9.95. The summed E-state index contributed by atoms with van der Waals surface area (Å²) in [6.45, 7) is 4.30. The monoisotopic (exact) mass is 583 g/mol. The summed E-state index contributed by atoms with van der Waals surface area (Å²) in [6, 6.07) is 25.0. The summed E-state index contributed by atoms with van der Waals surface area (Å²) < 4.78 is 26.4. The van der Waals surface area contributed by atoms with Crippen LogP contribution >= 0.6 is 11.6 Å². The van der Waals surface area contributed by atoms with Crippen LogP contribution in [0.2, 0.25) is 5.02 Å². The third-order valence-electron chi connectivity index (χ3n) is 6.72. The summed E-state index contributed by atoms with van der Waals surface area (Å²) in [5.41, 5.74) is 2.29. The largest absolute Gasteiger partial charge is 0.352 e. The van der Waals surface area contributed by atoms with E-state index in [0.717, 1.165) is 23.8 Å². The van der Waals surface area contributed by atoms with Crippen molar-refractivity contribution in [3.05, 3.63) is 101 Å². The van der Waals surface area contributed by atoms with Crippen molar-refractivity contribution in [1.82, 2.24) is 10.2 Å². The van der Waals surface area contributed by atoms with Gasteiger partial charge in [0.2, 0.25) is 21.8 Å². The van der Waals surface area contributed by atoms with Gasteiger partial charge >= 0.3 is 0 Å². The molecule has 214 valence electrons. The Morgan fingerprint density at radius 1 is 0.925 bits per heavy atom. The third-order valence-corrected chi connectivity index (χ3v) is 8.15. The lowest BCUT2D eigenvalue weighted by Crippen LogP contribution is -2.52. The van der Waals surface area contributed by atoms with E-state index in [0.29, 0.717) is 17.1 Å². The molecule has 0 bridgehead atoms. The van der Waals surface area contributed by atoms with Crippen LogP contribution in [-0.2, 0) is 32.6 Å². The molecule has 9 heteroatoms. The minimum absolute atomic E-state index is 0.0412. The second-order valence-corrected chi connectivity index (χ2v) is 12.3. The van der Waals surface area contributed by atoms with Crippen LogP contribution in [-0.4, -0.2) is 50.0 Å². The van der Waals surface area contributed by atoms with Crippen molar-refractivity contribution < 1.29 is 18.0 Å². The summed E-state index contributed by atoms with van der Waals surface area (Å²) in [5, 5.41) is 3.48. The van der Waals surface area contributed by atoms with Crippen molar-refractivity contribution in [2.45, 2.75) is 58.2 Å². The number of nitrogens with zero attached hydrogens (tertiary/aromatic N) is 2. The molecule has 0 aliphatic rings. The normalized spacial score (nSPS) is 12.8. The molecule has 0 aliphatic heterocycles. The number of halogens is 1. The number of carbonyl (C=O) groups excluding carboxylic acids is 2. The van der Waals surface area contributed by atoms with Crippen LogP contribution in [0, 0.1) is 0 Å². The topological polar surface area (TPSA) is 86.8 Å². The highest BCUT2D eigenvalue weighted by molar-refractivity contribution is 7.92. The zero-order chi connectivity index (χ0) is 29.1. The zero-order valence-corrected chi connectivity index (χ0v) is 24.9. The van der Waals surface area contributed by atoms with Gasteiger partial charge in [0.15, 0.2) is 0 Å². The van der Waals surface area contributed by atoms with Gasteiger partial charge in [0.1, 0.15) is 6.04 Å². The molecule has 0 saturated heterocycles. The Balaban J connectivity index is 1.87. The minimum Gasteiger partial charge on any atom is -0.352 e. The highest BCUT2D eigenvalue weighted by Gasteiger charge is 2.31. The van der Waals surface area contributed by atoms with Crippen molar-refractivity contribution >= 4 is 39.1 Å². The SMILES string of the molecule is CC[C@H](C)NC(=O)[C@@H](Cc1ccccc1)N(Cc1ccccc1)C(=O)CCCN(c1cccc(Cl)c1)S(C)(=O)=O. The maximum absolute atomic E-state index is 13.8. The summed E-state index contributed by atoms with van der Waals surface area (Å²) in [7, 11) is -3.60. The van der Waals surface area contributed by atoms with Crippen LogP contribution in [0.25, 0.3) is 0 Å². The molecular weight excluding hydrogens is 546 g/mol. The zero-order valence-electron chi connectivity index (χ0n) is 23.3. The van der Waals surface area contributed by atoms with Gasteiger partial charge in [-0.1, -0.05) is 85.3 Å². The van der Waals surface area contributed by atoms with Crippen molar-refractivity contribution in [3.63, 3.8) is 0 Å². The molecule has 0 radical (unpaired) electrons. The number of nitrogens with one attached hydrogen (secondary N) is 1. The van der Waals surface area contributed by atoms with E-state index in [-0.39, 0.29) is 43.8 Å². The van der Waals surface area contributed by atoms with Gasteiger partial charge in [0.25, 0.3) is 0 Å². The van der Waals surface area contributed by atoms with Crippen molar-refractivity contribution in [2.24, 2.45) is 0 Å². The Morgan fingerprint density at radius 3 is 2.12 bits per heavy atom. The Bertz CT molecular complexity index is 1350. The highest BCUT2D eigenvalue weighted by atomic mass is 35.5. The molecule has 3 rings (SSSR count). The summed E-state index contributed by atoms with van der Waals surface area (Å²) in [5.74, 6) is -0.428. The lowest BCUT2D eigenvalue weighted by Gasteiger charge is -2.32. The summed E-state index contributed by atoms with van der Waals surface area (Å²) >= 11 is 6.10. The third kappa shape index (κ3) is 9.38. The molecule has 0 heterocycles. The average Bonchev–Trinajstić information content (AvgIpc) is 2.93. The molecule has 2 amide bonds. The number of hydrogen-bond acceptors (Lipinski definition) is 4.